The lowest BCUT2D eigenvalue weighted by Crippen LogP contribution is -2.28. The first-order valence-corrected chi connectivity index (χ1v) is 6.82. The Balaban J connectivity index is 1.85. The SMILES string of the molecule is Cc1cccc(C(=O)CN(C)CCc2ccncc2)c1. The van der Waals surface area contributed by atoms with Gasteiger partial charge in [0.25, 0.3) is 0 Å². The van der Waals surface area contributed by atoms with Crippen molar-refractivity contribution in [2.45, 2.75) is 13.3 Å². The van der Waals surface area contributed by atoms with E-state index in [2.05, 4.69) is 9.88 Å². The lowest BCUT2D eigenvalue weighted by Gasteiger charge is -2.15. The summed E-state index contributed by atoms with van der Waals surface area (Å²) in [6, 6.07) is 11.8. The molecule has 2 aromatic rings. The summed E-state index contributed by atoms with van der Waals surface area (Å²) >= 11 is 0. The number of benzene rings is 1. The fourth-order valence-corrected chi connectivity index (χ4v) is 2.10. The standard InChI is InChI=1S/C17H20N2O/c1-14-4-3-5-16(12-14)17(20)13-19(2)11-8-15-6-9-18-10-7-15/h3-7,9-10,12H,8,11,13H2,1-2H3. The van der Waals surface area contributed by atoms with Crippen LogP contribution in [0.15, 0.2) is 48.8 Å². The van der Waals surface area contributed by atoms with Crippen molar-refractivity contribution in [3.8, 4) is 0 Å². The van der Waals surface area contributed by atoms with Crippen molar-refractivity contribution in [2.75, 3.05) is 20.1 Å². The minimum atomic E-state index is 0.172. The van der Waals surface area contributed by atoms with Crippen molar-refractivity contribution in [3.63, 3.8) is 0 Å². The number of nitrogens with zero attached hydrogens (tertiary/aromatic N) is 2. The lowest BCUT2D eigenvalue weighted by atomic mass is 10.1. The Kier molecular flexibility index (Phi) is 5.02. The number of hydrogen-bond donors (Lipinski definition) is 0. The smallest absolute Gasteiger partial charge is 0.176 e. The van der Waals surface area contributed by atoms with E-state index in [9.17, 15) is 4.79 Å². The van der Waals surface area contributed by atoms with Crippen LogP contribution in [0.25, 0.3) is 0 Å². The molecule has 0 atom stereocenters. The molecule has 0 saturated heterocycles. The normalized spacial score (nSPS) is 10.8. The third-order valence-electron chi connectivity index (χ3n) is 3.29. The summed E-state index contributed by atoms with van der Waals surface area (Å²) in [5.74, 6) is 0.172. The Bertz CT molecular complexity index is 566. The van der Waals surface area contributed by atoms with Gasteiger partial charge in [-0.15, -0.1) is 0 Å². The molecular formula is C17H20N2O. The molecule has 0 aliphatic heterocycles. The molecular weight excluding hydrogens is 248 g/mol. The van der Waals surface area contributed by atoms with Crippen LogP contribution >= 0.6 is 0 Å². The minimum absolute atomic E-state index is 0.172. The van der Waals surface area contributed by atoms with Crippen LogP contribution in [-0.4, -0.2) is 35.8 Å². The number of ketones is 1. The molecule has 104 valence electrons. The van der Waals surface area contributed by atoms with Gasteiger partial charge in [0.05, 0.1) is 6.54 Å². The molecule has 1 aromatic heterocycles. The second-order valence-electron chi connectivity index (χ2n) is 5.14. The zero-order valence-corrected chi connectivity index (χ0v) is 12.0. The summed E-state index contributed by atoms with van der Waals surface area (Å²) in [5, 5.41) is 0. The van der Waals surface area contributed by atoms with Crippen LogP contribution < -0.4 is 0 Å². The highest BCUT2D eigenvalue weighted by atomic mass is 16.1. The molecule has 20 heavy (non-hydrogen) atoms. The Labute approximate surface area is 120 Å². The maximum atomic E-state index is 12.2. The average Bonchev–Trinajstić information content (AvgIpc) is 2.46. The van der Waals surface area contributed by atoms with Crippen LogP contribution in [0.3, 0.4) is 0 Å². The van der Waals surface area contributed by atoms with Crippen molar-refractivity contribution in [1.82, 2.24) is 9.88 Å². The average molecular weight is 268 g/mol. The summed E-state index contributed by atoms with van der Waals surface area (Å²) in [5.41, 5.74) is 3.16. The number of pyridine rings is 1. The Morgan fingerprint density at radius 1 is 1.20 bits per heavy atom. The van der Waals surface area contributed by atoms with Crippen LogP contribution in [-0.2, 0) is 6.42 Å². The molecule has 3 nitrogen and oxygen atoms in total. The molecule has 0 fully saturated rings. The first kappa shape index (κ1) is 14.4. The Hall–Kier alpha value is -2.00. The van der Waals surface area contributed by atoms with E-state index < -0.39 is 0 Å². The monoisotopic (exact) mass is 268 g/mol. The van der Waals surface area contributed by atoms with Crippen LogP contribution in [0.2, 0.25) is 0 Å². The van der Waals surface area contributed by atoms with Gasteiger partial charge in [-0.25, -0.2) is 0 Å². The van der Waals surface area contributed by atoms with Crippen molar-refractivity contribution in [1.29, 1.82) is 0 Å². The van der Waals surface area contributed by atoms with Gasteiger partial charge in [-0.2, -0.15) is 0 Å². The van der Waals surface area contributed by atoms with Crippen LogP contribution in [0.5, 0.6) is 0 Å². The van der Waals surface area contributed by atoms with Gasteiger partial charge >= 0.3 is 0 Å². The second kappa shape index (κ2) is 6.96. The van der Waals surface area contributed by atoms with Gasteiger partial charge in [0.2, 0.25) is 0 Å². The maximum absolute atomic E-state index is 12.2. The van der Waals surface area contributed by atoms with Gasteiger partial charge in [-0.3, -0.25) is 14.7 Å². The van der Waals surface area contributed by atoms with Gasteiger partial charge in [0.15, 0.2) is 5.78 Å². The van der Waals surface area contributed by atoms with E-state index in [0.717, 1.165) is 24.1 Å². The maximum Gasteiger partial charge on any atom is 0.176 e. The van der Waals surface area contributed by atoms with E-state index in [-0.39, 0.29) is 5.78 Å². The Morgan fingerprint density at radius 2 is 1.95 bits per heavy atom. The quantitative estimate of drug-likeness (QED) is 0.755. The number of carbonyl (C=O) groups excluding carboxylic acids is 1. The van der Waals surface area contributed by atoms with Crippen LogP contribution in [0, 0.1) is 6.92 Å². The second-order valence-corrected chi connectivity index (χ2v) is 5.14. The molecule has 0 amide bonds. The van der Waals surface area contributed by atoms with E-state index in [4.69, 9.17) is 0 Å². The van der Waals surface area contributed by atoms with E-state index >= 15 is 0 Å². The number of aryl methyl sites for hydroxylation is 1. The number of likely N-dealkylation sites (N-methyl/N-ethyl adjacent to an activating group) is 1. The molecule has 2 rings (SSSR count). The topological polar surface area (TPSA) is 33.2 Å². The molecule has 1 heterocycles. The summed E-state index contributed by atoms with van der Waals surface area (Å²) in [4.78, 5) is 18.2. The molecule has 0 radical (unpaired) electrons. The highest BCUT2D eigenvalue weighted by Gasteiger charge is 2.09. The first-order valence-electron chi connectivity index (χ1n) is 6.82. The van der Waals surface area contributed by atoms with Crippen molar-refractivity contribution < 1.29 is 4.79 Å². The number of rotatable bonds is 6. The van der Waals surface area contributed by atoms with Crippen molar-refractivity contribution in [2.24, 2.45) is 0 Å². The van der Waals surface area contributed by atoms with Gasteiger partial charge in [0, 0.05) is 24.5 Å². The molecule has 0 saturated carbocycles. The fourth-order valence-electron chi connectivity index (χ4n) is 2.10. The predicted molar refractivity (Wildman–Crippen MR) is 80.9 cm³/mol. The van der Waals surface area contributed by atoms with Gasteiger partial charge in [-0.05, 0) is 44.2 Å². The fraction of sp³-hybridized carbons (Fsp3) is 0.294. The highest BCUT2D eigenvalue weighted by Crippen LogP contribution is 2.06. The minimum Gasteiger partial charge on any atom is -0.299 e. The van der Waals surface area contributed by atoms with E-state index in [1.54, 1.807) is 12.4 Å². The summed E-state index contributed by atoms with van der Waals surface area (Å²) in [6.45, 7) is 3.32. The first-order chi connectivity index (χ1) is 9.65. The lowest BCUT2D eigenvalue weighted by molar-refractivity contribution is 0.0947. The largest absolute Gasteiger partial charge is 0.299 e. The summed E-state index contributed by atoms with van der Waals surface area (Å²) in [6.07, 6.45) is 4.53. The third-order valence-corrected chi connectivity index (χ3v) is 3.29. The van der Waals surface area contributed by atoms with E-state index in [0.29, 0.717) is 6.54 Å². The zero-order valence-electron chi connectivity index (χ0n) is 12.0. The van der Waals surface area contributed by atoms with Crippen LogP contribution in [0.4, 0.5) is 0 Å². The summed E-state index contributed by atoms with van der Waals surface area (Å²) in [7, 11) is 1.98. The third kappa shape index (κ3) is 4.28. The van der Waals surface area contributed by atoms with E-state index in [1.807, 2.05) is 50.4 Å². The molecule has 0 N–H and O–H groups in total. The highest BCUT2D eigenvalue weighted by molar-refractivity contribution is 5.97. The number of hydrogen-bond acceptors (Lipinski definition) is 3. The predicted octanol–water partition coefficient (Wildman–Crippen LogP) is 2.75. The molecule has 0 aliphatic carbocycles. The molecule has 1 aromatic carbocycles. The molecule has 0 bridgehead atoms. The van der Waals surface area contributed by atoms with Gasteiger partial charge < -0.3 is 0 Å². The van der Waals surface area contributed by atoms with E-state index in [1.165, 1.54) is 5.56 Å². The van der Waals surface area contributed by atoms with Gasteiger partial charge in [0.1, 0.15) is 0 Å². The number of aromatic nitrogens is 1. The molecule has 0 spiro atoms. The number of carbonyl (C=O) groups is 1. The zero-order chi connectivity index (χ0) is 14.4. The molecule has 3 heteroatoms. The number of Topliss-reactive ketones (excluding diaryl/α,β-unsaturated/α-hetero) is 1. The van der Waals surface area contributed by atoms with Crippen molar-refractivity contribution in [3.05, 3.63) is 65.5 Å². The Morgan fingerprint density at radius 3 is 2.65 bits per heavy atom. The van der Waals surface area contributed by atoms with Crippen molar-refractivity contribution >= 4 is 5.78 Å². The summed E-state index contributed by atoms with van der Waals surface area (Å²) < 4.78 is 0. The van der Waals surface area contributed by atoms with Gasteiger partial charge in [-0.1, -0.05) is 23.8 Å². The molecule has 0 aliphatic rings. The molecule has 0 unspecified atom stereocenters. The van der Waals surface area contributed by atoms with Crippen LogP contribution in [0.1, 0.15) is 21.5 Å².